The standard InChI is InChI=1S/C45H24N4O2/c1-46-31-18-14-26(15-19-31)29-16-20-34-41(25-29)51-44-42(34)43(30-17-21-40-36(23-30)33-11-5-7-13-39(33)50-40)47-45(48-44)49-37-12-6-4-10-32(37)35-22-27-8-2-3-9-28(27)24-38(35)49/h2-25H. The Bertz CT molecular complexity index is 3270. The van der Waals surface area contributed by atoms with Gasteiger partial charge in [-0.05, 0) is 76.5 Å². The van der Waals surface area contributed by atoms with Gasteiger partial charge < -0.3 is 8.83 Å². The number of furan rings is 2. The minimum Gasteiger partial charge on any atom is -0.456 e. The van der Waals surface area contributed by atoms with Gasteiger partial charge in [0.05, 0.1) is 28.7 Å². The van der Waals surface area contributed by atoms with Gasteiger partial charge in [0.1, 0.15) is 16.7 Å². The van der Waals surface area contributed by atoms with E-state index in [9.17, 15) is 0 Å². The Morgan fingerprint density at radius 1 is 0.490 bits per heavy atom. The van der Waals surface area contributed by atoms with E-state index in [1.54, 1.807) is 0 Å². The normalized spacial score (nSPS) is 11.9. The molecule has 0 radical (unpaired) electrons. The molecule has 0 N–H and O–H groups in total. The quantitative estimate of drug-likeness (QED) is 0.178. The molecule has 0 aliphatic heterocycles. The highest BCUT2D eigenvalue weighted by atomic mass is 16.3. The lowest BCUT2D eigenvalue weighted by atomic mass is 10.0. The molecule has 6 nitrogen and oxygen atoms in total. The molecule has 0 amide bonds. The zero-order valence-corrected chi connectivity index (χ0v) is 27.0. The molecule has 0 aliphatic rings. The second-order valence-corrected chi connectivity index (χ2v) is 12.9. The molecule has 0 bridgehead atoms. The summed E-state index contributed by atoms with van der Waals surface area (Å²) in [7, 11) is 0. The second kappa shape index (κ2) is 10.4. The lowest BCUT2D eigenvalue weighted by molar-refractivity contribution is 0.651. The van der Waals surface area contributed by atoms with E-state index in [4.69, 9.17) is 25.4 Å². The molecule has 0 saturated carbocycles. The molecule has 0 fully saturated rings. The van der Waals surface area contributed by atoms with Gasteiger partial charge in [0.15, 0.2) is 5.69 Å². The Morgan fingerprint density at radius 2 is 1.22 bits per heavy atom. The maximum absolute atomic E-state index is 7.34. The Labute approximate surface area is 290 Å². The SMILES string of the molecule is [C-]#[N+]c1ccc(-c2ccc3c(c2)oc2nc(-n4c5ccccc5c5cc6ccccc6cc54)nc(-c4ccc5oc6ccccc6c5c4)c23)cc1. The topological polar surface area (TPSA) is 61.4 Å². The maximum atomic E-state index is 7.34. The second-order valence-electron chi connectivity index (χ2n) is 12.9. The van der Waals surface area contributed by atoms with E-state index in [1.807, 2.05) is 54.6 Å². The van der Waals surface area contributed by atoms with Crippen LogP contribution >= 0.6 is 0 Å². The zero-order chi connectivity index (χ0) is 33.6. The average molecular weight is 653 g/mol. The Kier molecular flexibility index (Phi) is 5.64. The Hall–Kier alpha value is -7.23. The molecule has 51 heavy (non-hydrogen) atoms. The molecule has 11 aromatic rings. The minimum absolute atomic E-state index is 0.509. The van der Waals surface area contributed by atoms with Crippen LogP contribution in [0.15, 0.2) is 154 Å². The van der Waals surface area contributed by atoms with Crippen LogP contribution in [0.3, 0.4) is 0 Å². The van der Waals surface area contributed by atoms with Gasteiger partial charge in [-0.1, -0.05) is 91.0 Å². The highest BCUT2D eigenvalue weighted by molar-refractivity contribution is 6.15. The Morgan fingerprint density at radius 3 is 2.08 bits per heavy atom. The molecule has 0 aliphatic carbocycles. The van der Waals surface area contributed by atoms with Crippen LogP contribution in [0.2, 0.25) is 0 Å². The summed E-state index contributed by atoms with van der Waals surface area (Å²) in [4.78, 5) is 14.1. The third-order valence-corrected chi connectivity index (χ3v) is 10.0. The van der Waals surface area contributed by atoms with Crippen molar-refractivity contribution in [3.05, 3.63) is 157 Å². The first-order valence-corrected chi connectivity index (χ1v) is 16.8. The van der Waals surface area contributed by atoms with Crippen molar-refractivity contribution < 1.29 is 8.83 Å². The molecular formula is C45H24N4O2. The number of hydrogen-bond donors (Lipinski definition) is 0. The summed E-state index contributed by atoms with van der Waals surface area (Å²) in [5, 5.41) is 8.46. The van der Waals surface area contributed by atoms with E-state index in [2.05, 4.69) is 100 Å². The first-order valence-electron chi connectivity index (χ1n) is 16.8. The minimum atomic E-state index is 0.509. The van der Waals surface area contributed by atoms with Crippen molar-refractivity contribution in [2.75, 3.05) is 0 Å². The fourth-order valence-electron chi connectivity index (χ4n) is 7.62. The molecule has 6 heteroatoms. The van der Waals surface area contributed by atoms with Crippen LogP contribution in [-0.4, -0.2) is 14.5 Å². The van der Waals surface area contributed by atoms with Gasteiger partial charge in [-0.3, -0.25) is 4.57 Å². The number of rotatable bonds is 3. The van der Waals surface area contributed by atoms with E-state index in [0.717, 1.165) is 82.3 Å². The van der Waals surface area contributed by atoms with Crippen molar-refractivity contribution >= 4 is 82.3 Å². The third-order valence-electron chi connectivity index (χ3n) is 10.0. The smallest absolute Gasteiger partial charge is 0.238 e. The van der Waals surface area contributed by atoms with Crippen LogP contribution in [-0.2, 0) is 0 Å². The fraction of sp³-hybridized carbons (Fsp3) is 0. The van der Waals surface area contributed by atoms with Crippen LogP contribution in [0.5, 0.6) is 0 Å². The predicted octanol–water partition coefficient (Wildman–Crippen LogP) is 12.4. The van der Waals surface area contributed by atoms with Crippen LogP contribution in [0.25, 0.3) is 110 Å². The van der Waals surface area contributed by atoms with Crippen LogP contribution in [0, 0.1) is 6.57 Å². The molecule has 7 aromatic carbocycles. The lowest BCUT2D eigenvalue weighted by Crippen LogP contribution is -2.02. The number of para-hydroxylation sites is 2. The Balaban J connectivity index is 1.22. The summed E-state index contributed by atoms with van der Waals surface area (Å²) in [5.74, 6) is 0.533. The van der Waals surface area contributed by atoms with Gasteiger partial charge in [-0.25, -0.2) is 9.83 Å². The zero-order valence-electron chi connectivity index (χ0n) is 27.0. The van der Waals surface area contributed by atoms with Gasteiger partial charge in [0.25, 0.3) is 0 Å². The molecule has 0 atom stereocenters. The predicted molar refractivity (Wildman–Crippen MR) is 206 cm³/mol. The number of hydrogen-bond acceptors (Lipinski definition) is 4. The lowest BCUT2D eigenvalue weighted by Gasteiger charge is -2.10. The largest absolute Gasteiger partial charge is 0.456 e. The summed E-state index contributed by atoms with van der Waals surface area (Å²) in [6.45, 7) is 7.34. The fourth-order valence-corrected chi connectivity index (χ4v) is 7.62. The first-order chi connectivity index (χ1) is 25.2. The van der Waals surface area contributed by atoms with Crippen molar-refractivity contribution in [2.24, 2.45) is 0 Å². The molecule has 0 saturated heterocycles. The van der Waals surface area contributed by atoms with Crippen molar-refractivity contribution in [1.82, 2.24) is 14.5 Å². The van der Waals surface area contributed by atoms with E-state index >= 15 is 0 Å². The molecule has 4 aromatic heterocycles. The molecule has 4 heterocycles. The monoisotopic (exact) mass is 652 g/mol. The molecule has 0 unspecified atom stereocenters. The third kappa shape index (κ3) is 4.09. The van der Waals surface area contributed by atoms with E-state index in [0.29, 0.717) is 22.9 Å². The van der Waals surface area contributed by atoms with Gasteiger partial charge in [-0.15, -0.1) is 0 Å². The number of fused-ring (bicyclic) bond motifs is 10. The van der Waals surface area contributed by atoms with E-state index < -0.39 is 0 Å². The summed E-state index contributed by atoms with van der Waals surface area (Å²) in [5.41, 5.74) is 9.27. The summed E-state index contributed by atoms with van der Waals surface area (Å²) in [6, 6.07) is 49.6. The highest BCUT2D eigenvalue weighted by Gasteiger charge is 2.22. The van der Waals surface area contributed by atoms with Gasteiger partial charge >= 0.3 is 0 Å². The van der Waals surface area contributed by atoms with E-state index in [-0.39, 0.29) is 0 Å². The van der Waals surface area contributed by atoms with Gasteiger partial charge in [0.2, 0.25) is 11.7 Å². The van der Waals surface area contributed by atoms with Crippen molar-refractivity contribution in [3.63, 3.8) is 0 Å². The average Bonchev–Trinajstić information content (AvgIpc) is 3.85. The summed E-state index contributed by atoms with van der Waals surface area (Å²) < 4.78 is 15.0. The van der Waals surface area contributed by atoms with E-state index in [1.165, 1.54) is 5.39 Å². The highest BCUT2D eigenvalue weighted by Crippen LogP contribution is 2.41. The van der Waals surface area contributed by atoms with Crippen molar-refractivity contribution in [2.45, 2.75) is 0 Å². The number of aromatic nitrogens is 3. The maximum Gasteiger partial charge on any atom is 0.238 e. The van der Waals surface area contributed by atoms with Crippen LogP contribution < -0.4 is 0 Å². The molecule has 0 spiro atoms. The van der Waals surface area contributed by atoms with Crippen LogP contribution in [0.1, 0.15) is 0 Å². The van der Waals surface area contributed by atoms with Crippen molar-refractivity contribution in [3.8, 4) is 28.3 Å². The van der Waals surface area contributed by atoms with Gasteiger partial charge in [-0.2, -0.15) is 4.98 Å². The van der Waals surface area contributed by atoms with Gasteiger partial charge in [0, 0.05) is 32.5 Å². The number of nitrogens with zero attached hydrogens (tertiary/aromatic N) is 4. The summed E-state index contributed by atoms with van der Waals surface area (Å²) >= 11 is 0. The molecule has 11 rings (SSSR count). The van der Waals surface area contributed by atoms with Crippen molar-refractivity contribution in [1.29, 1.82) is 0 Å². The van der Waals surface area contributed by atoms with Crippen LogP contribution in [0.4, 0.5) is 5.69 Å². The first kappa shape index (κ1) is 27.7. The molecule has 236 valence electrons. The summed E-state index contributed by atoms with van der Waals surface area (Å²) in [6.07, 6.45) is 0. The number of benzene rings is 7. The molecular weight excluding hydrogens is 629 g/mol.